The Morgan fingerprint density at radius 1 is 0.944 bits per heavy atom. The third-order valence-electron chi connectivity index (χ3n) is 6.40. The van der Waals surface area contributed by atoms with Crippen LogP contribution in [-0.4, -0.2) is 40.7 Å². The fourth-order valence-corrected chi connectivity index (χ4v) is 4.98. The van der Waals surface area contributed by atoms with Crippen molar-refractivity contribution in [3.8, 4) is 5.75 Å². The second-order valence-electron chi connectivity index (χ2n) is 8.38. The molecule has 36 heavy (non-hydrogen) atoms. The molecular formula is C25H17BrFN3O6. The minimum Gasteiger partial charge on any atom is -0.496 e. The van der Waals surface area contributed by atoms with E-state index in [2.05, 4.69) is 15.9 Å². The van der Waals surface area contributed by atoms with Crippen LogP contribution in [0.5, 0.6) is 5.75 Å². The largest absolute Gasteiger partial charge is 0.496 e. The number of anilines is 1. The number of hydrogen-bond donors (Lipinski definition) is 0. The van der Waals surface area contributed by atoms with E-state index in [-0.39, 0.29) is 22.5 Å². The van der Waals surface area contributed by atoms with E-state index in [0.717, 1.165) is 17.0 Å². The van der Waals surface area contributed by atoms with Crippen molar-refractivity contribution in [2.75, 3.05) is 12.0 Å². The fraction of sp³-hybridized carbons (Fsp3) is 0.160. The molecule has 11 heteroatoms. The number of ether oxygens (including phenoxy) is 1. The van der Waals surface area contributed by atoms with Crippen molar-refractivity contribution < 1.29 is 28.4 Å². The summed E-state index contributed by atoms with van der Waals surface area (Å²) in [5.41, 5.74) is 0.596. The van der Waals surface area contributed by atoms with Crippen molar-refractivity contribution in [3.63, 3.8) is 0 Å². The Bertz CT molecular complexity index is 1490. The highest BCUT2D eigenvalue weighted by atomic mass is 79.9. The Morgan fingerprint density at radius 2 is 1.67 bits per heavy atom. The number of nitro groups is 1. The molecule has 0 aromatic heterocycles. The van der Waals surface area contributed by atoms with E-state index >= 15 is 0 Å². The van der Waals surface area contributed by atoms with Crippen molar-refractivity contribution >= 4 is 45.0 Å². The lowest BCUT2D eigenvalue weighted by molar-refractivity contribution is -0.384. The number of carbonyl (C=O) groups excluding carboxylic acids is 3. The average Bonchev–Trinajstić information content (AvgIpc) is 3.09. The monoisotopic (exact) mass is 553 g/mol. The maximum atomic E-state index is 14.4. The molecule has 9 nitrogen and oxygen atoms in total. The normalized spacial score (nSPS) is 18.8. The lowest BCUT2D eigenvalue weighted by atomic mass is 9.85. The SMILES string of the molecule is COc1ccc(Br)cc1C1C(N2C(=O)c3ccc([N+](=O)[O-])cc3C2=O)C(=O)N1c1ccc(C)c(F)c1. The zero-order valence-electron chi connectivity index (χ0n) is 18.9. The van der Waals surface area contributed by atoms with Gasteiger partial charge in [0.1, 0.15) is 17.6 Å². The van der Waals surface area contributed by atoms with Crippen LogP contribution in [0.4, 0.5) is 15.8 Å². The highest BCUT2D eigenvalue weighted by Gasteiger charge is 2.58. The standard InChI is InChI=1S/C25H17BrFN3O6/c1-12-3-5-14(11-19(12)27)28-21(18-9-13(26)4-8-20(18)36-2)22(25(28)33)29-23(31)16-7-6-15(30(34)35)10-17(16)24(29)32/h3-11,21-22H,1-2H3. The van der Waals surface area contributed by atoms with Gasteiger partial charge in [0, 0.05) is 27.9 Å². The molecule has 3 aromatic carbocycles. The van der Waals surface area contributed by atoms with Crippen molar-refractivity contribution in [2.24, 2.45) is 0 Å². The molecular weight excluding hydrogens is 537 g/mol. The van der Waals surface area contributed by atoms with Gasteiger partial charge in [0.2, 0.25) is 0 Å². The van der Waals surface area contributed by atoms with Crippen LogP contribution in [0.2, 0.25) is 0 Å². The number of non-ortho nitro benzene ring substituents is 1. The summed E-state index contributed by atoms with van der Waals surface area (Å²) in [6.07, 6.45) is 0. The number of nitrogens with zero attached hydrogens (tertiary/aromatic N) is 3. The molecule has 2 heterocycles. The van der Waals surface area contributed by atoms with Crippen LogP contribution >= 0.6 is 15.9 Å². The predicted molar refractivity (Wildman–Crippen MR) is 129 cm³/mol. The number of β-lactam (4-membered cyclic amide) rings is 1. The quantitative estimate of drug-likeness (QED) is 0.198. The van der Waals surface area contributed by atoms with Gasteiger partial charge in [0.05, 0.1) is 29.2 Å². The summed E-state index contributed by atoms with van der Waals surface area (Å²) in [7, 11) is 1.44. The maximum Gasteiger partial charge on any atom is 0.270 e. The van der Waals surface area contributed by atoms with E-state index in [9.17, 15) is 28.9 Å². The number of amides is 3. The molecule has 0 radical (unpaired) electrons. The number of carbonyl (C=O) groups is 3. The number of nitro benzene ring substituents is 1. The van der Waals surface area contributed by atoms with Gasteiger partial charge < -0.3 is 9.64 Å². The summed E-state index contributed by atoms with van der Waals surface area (Å²) in [6.45, 7) is 1.59. The van der Waals surface area contributed by atoms with Crippen molar-refractivity contribution in [1.29, 1.82) is 0 Å². The Kier molecular flexibility index (Phi) is 5.59. The van der Waals surface area contributed by atoms with Gasteiger partial charge in [0.25, 0.3) is 23.4 Å². The van der Waals surface area contributed by atoms with Gasteiger partial charge in [-0.1, -0.05) is 22.0 Å². The van der Waals surface area contributed by atoms with Gasteiger partial charge in [0.15, 0.2) is 0 Å². The third kappa shape index (κ3) is 3.46. The number of rotatable bonds is 5. The van der Waals surface area contributed by atoms with Gasteiger partial charge in [-0.2, -0.15) is 0 Å². The summed E-state index contributed by atoms with van der Waals surface area (Å²) in [6, 6.07) is 10.6. The zero-order chi connectivity index (χ0) is 25.9. The Labute approximate surface area is 212 Å². The van der Waals surface area contributed by atoms with Crippen molar-refractivity contribution in [3.05, 3.63) is 97.3 Å². The molecule has 0 aliphatic carbocycles. The van der Waals surface area contributed by atoms with E-state index in [0.29, 0.717) is 21.3 Å². The first-order valence-corrected chi connectivity index (χ1v) is 11.5. The topological polar surface area (TPSA) is 110 Å². The highest BCUT2D eigenvalue weighted by molar-refractivity contribution is 9.10. The van der Waals surface area contributed by atoms with E-state index in [4.69, 9.17) is 4.74 Å². The summed E-state index contributed by atoms with van der Waals surface area (Å²) in [4.78, 5) is 52.8. The van der Waals surface area contributed by atoms with Gasteiger partial charge in [-0.15, -0.1) is 0 Å². The van der Waals surface area contributed by atoms with E-state index in [1.807, 2.05) is 0 Å². The van der Waals surface area contributed by atoms with Crippen molar-refractivity contribution in [1.82, 2.24) is 4.90 Å². The second-order valence-corrected chi connectivity index (χ2v) is 9.30. The molecule has 5 rings (SSSR count). The molecule has 2 unspecified atom stereocenters. The van der Waals surface area contributed by atoms with Crippen LogP contribution < -0.4 is 9.64 Å². The molecule has 0 bridgehead atoms. The van der Waals surface area contributed by atoms with Crippen LogP contribution in [0.15, 0.2) is 59.1 Å². The van der Waals surface area contributed by atoms with Crippen LogP contribution in [0.3, 0.4) is 0 Å². The molecule has 1 fully saturated rings. The number of benzene rings is 3. The average molecular weight is 554 g/mol. The molecule has 2 aliphatic heterocycles. The molecule has 1 saturated heterocycles. The maximum absolute atomic E-state index is 14.4. The summed E-state index contributed by atoms with van der Waals surface area (Å²) in [5.74, 6) is -2.28. The van der Waals surface area contributed by atoms with Crippen LogP contribution in [-0.2, 0) is 4.79 Å². The molecule has 3 amide bonds. The zero-order valence-corrected chi connectivity index (χ0v) is 20.5. The van der Waals surface area contributed by atoms with Crippen LogP contribution in [0.1, 0.15) is 37.9 Å². The number of halogens is 2. The number of aryl methyl sites for hydroxylation is 1. The lowest BCUT2D eigenvalue weighted by Gasteiger charge is -2.50. The second kappa shape index (κ2) is 8.52. The number of hydrogen-bond acceptors (Lipinski definition) is 6. The lowest BCUT2D eigenvalue weighted by Crippen LogP contribution is -2.67. The Hall–Kier alpha value is -4.12. The van der Waals surface area contributed by atoms with Gasteiger partial charge >= 0.3 is 0 Å². The summed E-state index contributed by atoms with van der Waals surface area (Å²) < 4.78 is 20.6. The van der Waals surface area contributed by atoms with Gasteiger partial charge in [-0.05, 0) is 48.9 Å². The fourth-order valence-electron chi connectivity index (χ4n) is 4.60. The summed E-state index contributed by atoms with van der Waals surface area (Å²) >= 11 is 3.40. The first-order chi connectivity index (χ1) is 17.1. The molecule has 0 spiro atoms. The summed E-state index contributed by atoms with van der Waals surface area (Å²) in [5, 5.41) is 11.2. The van der Waals surface area contributed by atoms with Crippen LogP contribution in [0.25, 0.3) is 0 Å². The van der Waals surface area contributed by atoms with Crippen LogP contribution in [0, 0.1) is 22.9 Å². The minimum absolute atomic E-state index is 0.0295. The smallest absolute Gasteiger partial charge is 0.270 e. The van der Waals surface area contributed by atoms with E-state index in [1.165, 1.54) is 30.2 Å². The number of imide groups is 1. The van der Waals surface area contributed by atoms with E-state index in [1.54, 1.807) is 31.2 Å². The molecule has 3 aromatic rings. The molecule has 0 N–H and O–H groups in total. The van der Waals surface area contributed by atoms with Crippen molar-refractivity contribution in [2.45, 2.75) is 19.0 Å². The first-order valence-electron chi connectivity index (χ1n) is 10.7. The Balaban J connectivity index is 1.64. The number of methoxy groups -OCH3 is 1. The third-order valence-corrected chi connectivity index (χ3v) is 6.90. The Morgan fingerprint density at radius 3 is 2.33 bits per heavy atom. The highest BCUT2D eigenvalue weighted by Crippen LogP contribution is 2.47. The minimum atomic E-state index is -1.27. The molecule has 2 aliphatic rings. The van der Waals surface area contributed by atoms with E-state index < -0.39 is 40.5 Å². The first kappa shape index (κ1) is 23.6. The molecule has 0 saturated carbocycles. The number of fused-ring (bicyclic) bond motifs is 1. The van der Waals surface area contributed by atoms with Gasteiger partial charge in [-0.3, -0.25) is 29.4 Å². The predicted octanol–water partition coefficient (Wildman–Crippen LogP) is 4.57. The molecule has 2 atom stereocenters. The molecule has 182 valence electrons. The van der Waals surface area contributed by atoms with Gasteiger partial charge in [-0.25, -0.2) is 4.39 Å².